The van der Waals surface area contributed by atoms with Gasteiger partial charge in [-0.25, -0.2) is 0 Å². The Hall–Kier alpha value is -1.33. The van der Waals surface area contributed by atoms with Gasteiger partial charge in [-0.3, -0.25) is 10.1 Å². The fraction of sp³-hybridized carbons (Fsp3) is 0.538. The molecule has 0 saturated carbocycles. The van der Waals surface area contributed by atoms with Crippen LogP contribution in [0.5, 0.6) is 0 Å². The van der Waals surface area contributed by atoms with Gasteiger partial charge >= 0.3 is 0 Å². The number of hydrogen-bond acceptors (Lipinski definition) is 4. The highest BCUT2D eigenvalue weighted by Crippen LogP contribution is 2.33. The van der Waals surface area contributed by atoms with Gasteiger partial charge in [0, 0.05) is 24.2 Å². The van der Waals surface area contributed by atoms with Gasteiger partial charge in [-0.1, -0.05) is 11.6 Å². The minimum atomic E-state index is -0.342. The van der Waals surface area contributed by atoms with Crippen LogP contribution in [0.4, 0.5) is 11.4 Å². The van der Waals surface area contributed by atoms with Crippen LogP contribution in [-0.2, 0) is 0 Å². The quantitative estimate of drug-likeness (QED) is 0.682. The molecule has 1 N–H and O–H groups in total. The summed E-state index contributed by atoms with van der Waals surface area (Å²) in [5.41, 5.74) is 0.775. The van der Waals surface area contributed by atoms with E-state index in [0.29, 0.717) is 16.6 Å². The van der Waals surface area contributed by atoms with Crippen LogP contribution in [0.3, 0.4) is 0 Å². The van der Waals surface area contributed by atoms with Crippen molar-refractivity contribution in [3.8, 4) is 0 Å². The topological polar surface area (TPSA) is 58.4 Å². The molecule has 0 unspecified atom stereocenters. The number of hydrogen-bond donors (Lipinski definition) is 1. The van der Waals surface area contributed by atoms with Crippen LogP contribution in [0.15, 0.2) is 18.2 Å². The molecule has 0 spiro atoms. The fourth-order valence-electron chi connectivity index (χ4n) is 2.57. The van der Waals surface area contributed by atoms with Gasteiger partial charge in [0.05, 0.1) is 4.92 Å². The van der Waals surface area contributed by atoms with Gasteiger partial charge in [0.25, 0.3) is 5.69 Å². The molecule has 0 atom stereocenters. The lowest BCUT2D eigenvalue weighted by Gasteiger charge is -2.33. The Labute approximate surface area is 117 Å². The van der Waals surface area contributed by atoms with E-state index in [1.54, 1.807) is 12.1 Å². The fourth-order valence-corrected chi connectivity index (χ4v) is 2.74. The second kappa shape index (κ2) is 6.21. The third kappa shape index (κ3) is 3.36. The van der Waals surface area contributed by atoms with Crippen molar-refractivity contribution in [2.24, 2.45) is 5.92 Å². The SMILES string of the molecule is CNCC1CCN(c2cc(Cl)ccc2[N+](=O)[O-])CC1. The lowest BCUT2D eigenvalue weighted by molar-refractivity contribution is -0.384. The zero-order valence-electron chi connectivity index (χ0n) is 10.9. The molecule has 5 nitrogen and oxygen atoms in total. The van der Waals surface area contributed by atoms with E-state index in [9.17, 15) is 10.1 Å². The van der Waals surface area contributed by atoms with Gasteiger partial charge in [0.2, 0.25) is 0 Å². The average molecular weight is 284 g/mol. The van der Waals surface area contributed by atoms with E-state index < -0.39 is 0 Å². The first kappa shape index (κ1) is 14.1. The van der Waals surface area contributed by atoms with Crippen LogP contribution in [0, 0.1) is 16.0 Å². The van der Waals surface area contributed by atoms with Crippen LogP contribution in [0.25, 0.3) is 0 Å². The van der Waals surface area contributed by atoms with Crippen molar-refractivity contribution < 1.29 is 4.92 Å². The monoisotopic (exact) mass is 283 g/mol. The summed E-state index contributed by atoms with van der Waals surface area (Å²) in [6.45, 7) is 2.69. The number of anilines is 1. The molecule has 6 heteroatoms. The summed E-state index contributed by atoms with van der Waals surface area (Å²) in [7, 11) is 1.95. The number of nitro benzene ring substituents is 1. The van der Waals surface area contributed by atoms with E-state index in [-0.39, 0.29) is 10.6 Å². The molecule has 1 aliphatic heterocycles. The average Bonchev–Trinajstić information content (AvgIpc) is 2.39. The summed E-state index contributed by atoms with van der Waals surface area (Å²) in [6.07, 6.45) is 2.09. The number of piperidine rings is 1. The van der Waals surface area contributed by atoms with Gasteiger partial charge in [-0.05, 0) is 44.5 Å². The Bertz CT molecular complexity index is 459. The lowest BCUT2D eigenvalue weighted by atomic mass is 9.96. The van der Waals surface area contributed by atoms with E-state index in [1.807, 2.05) is 7.05 Å². The summed E-state index contributed by atoms with van der Waals surface area (Å²) in [4.78, 5) is 12.8. The predicted molar refractivity (Wildman–Crippen MR) is 77.0 cm³/mol. The van der Waals surface area contributed by atoms with E-state index in [1.165, 1.54) is 6.07 Å². The Kier molecular flexibility index (Phi) is 4.61. The Morgan fingerprint density at radius 1 is 1.47 bits per heavy atom. The minimum absolute atomic E-state index is 0.136. The first-order chi connectivity index (χ1) is 9.11. The number of nitrogens with one attached hydrogen (secondary N) is 1. The lowest BCUT2D eigenvalue weighted by Crippen LogP contribution is -2.37. The molecule has 0 amide bonds. The van der Waals surface area contributed by atoms with Gasteiger partial charge in [-0.15, -0.1) is 0 Å². The van der Waals surface area contributed by atoms with Crippen molar-refractivity contribution in [2.45, 2.75) is 12.8 Å². The second-order valence-corrected chi connectivity index (χ2v) is 5.31. The molecule has 1 aromatic rings. The second-order valence-electron chi connectivity index (χ2n) is 4.88. The van der Waals surface area contributed by atoms with E-state index in [0.717, 1.165) is 32.5 Å². The van der Waals surface area contributed by atoms with Gasteiger partial charge < -0.3 is 10.2 Å². The molecular weight excluding hydrogens is 266 g/mol. The smallest absolute Gasteiger partial charge is 0.292 e. The molecule has 1 fully saturated rings. The molecule has 0 bridgehead atoms. The Morgan fingerprint density at radius 2 is 2.16 bits per heavy atom. The van der Waals surface area contributed by atoms with Crippen LogP contribution < -0.4 is 10.2 Å². The summed E-state index contributed by atoms with van der Waals surface area (Å²) in [5.74, 6) is 0.652. The van der Waals surface area contributed by atoms with Gasteiger partial charge in [0.1, 0.15) is 5.69 Å². The maximum atomic E-state index is 11.1. The highest BCUT2D eigenvalue weighted by Gasteiger charge is 2.24. The number of nitro groups is 1. The summed E-state index contributed by atoms with van der Waals surface area (Å²) >= 11 is 5.96. The highest BCUT2D eigenvalue weighted by atomic mass is 35.5. The molecule has 104 valence electrons. The van der Waals surface area contributed by atoms with Gasteiger partial charge in [-0.2, -0.15) is 0 Å². The minimum Gasteiger partial charge on any atom is -0.366 e. The van der Waals surface area contributed by atoms with Crippen LogP contribution in [-0.4, -0.2) is 31.6 Å². The Balaban J connectivity index is 2.14. The van der Waals surface area contributed by atoms with Crippen molar-refractivity contribution in [1.82, 2.24) is 5.32 Å². The number of rotatable bonds is 4. The molecule has 19 heavy (non-hydrogen) atoms. The van der Waals surface area contributed by atoms with E-state index in [4.69, 9.17) is 11.6 Å². The van der Waals surface area contributed by atoms with Crippen LogP contribution in [0.2, 0.25) is 5.02 Å². The zero-order valence-corrected chi connectivity index (χ0v) is 11.7. The van der Waals surface area contributed by atoms with Crippen molar-refractivity contribution in [2.75, 3.05) is 31.6 Å². The zero-order chi connectivity index (χ0) is 13.8. The molecule has 1 heterocycles. The molecule has 1 aromatic carbocycles. The third-order valence-corrected chi connectivity index (χ3v) is 3.82. The van der Waals surface area contributed by atoms with Crippen molar-refractivity contribution in [3.05, 3.63) is 33.3 Å². The highest BCUT2D eigenvalue weighted by molar-refractivity contribution is 6.31. The van der Waals surface area contributed by atoms with Crippen molar-refractivity contribution in [1.29, 1.82) is 0 Å². The van der Waals surface area contributed by atoms with Crippen molar-refractivity contribution >= 4 is 23.0 Å². The largest absolute Gasteiger partial charge is 0.366 e. The molecule has 0 radical (unpaired) electrons. The Morgan fingerprint density at radius 3 is 2.74 bits per heavy atom. The molecule has 2 rings (SSSR count). The third-order valence-electron chi connectivity index (χ3n) is 3.58. The van der Waals surface area contributed by atoms with Crippen molar-refractivity contribution in [3.63, 3.8) is 0 Å². The molecule has 0 aliphatic carbocycles. The first-order valence-electron chi connectivity index (χ1n) is 6.45. The predicted octanol–water partition coefficient (Wildman–Crippen LogP) is 2.68. The van der Waals surface area contributed by atoms with E-state index >= 15 is 0 Å². The van der Waals surface area contributed by atoms with Gasteiger partial charge in [0.15, 0.2) is 0 Å². The standard InChI is InChI=1S/C13H18ClN3O2/c1-15-9-10-4-6-16(7-5-10)13-8-11(14)2-3-12(13)17(18)19/h2-3,8,10,15H,4-7,9H2,1H3. The van der Waals surface area contributed by atoms with Crippen LogP contribution in [0.1, 0.15) is 12.8 Å². The first-order valence-corrected chi connectivity index (χ1v) is 6.83. The summed E-state index contributed by atoms with van der Waals surface area (Å²) < 4.78 is 0. The molecule has 1 aliphatic rings. The number of nitrogens with zero attached hydrogens (tertiary/aromatic N) is 2. The van der Waals surface area contributed by atoms with Crippen LogP contribution >= 0.6 is 11.6 Å². The number of halogens is 1. The molecule has 1 saturated heterocycles. The molecular formula is C13H18ClN3O2. The normalized spacial score (nSPS) is 16.6. The summed E-state index contributed by atoms with van der Waals surface area (Å²) in [5, 5.41) is 14.8. The summed E-state index contributed by atoms with van der Waals surface area (Å²) in [6, 6.07) is 4.74. The maximum absolute atomic E-state index is 11.1. The molecule has 0 aromatic heterocycles. The maximum Gasteiger partial charge on any atom is 0.292 e. The number of benzene rings is 1. The van der Waals surface area contributed by atoms with E-state index in [2.05, 4.69) is 10.2 Å².